The fourth-order valence-electron chi connectivity index (χ4n) is 2.61. The highest BCUT2D eigenvalue weighted by atomic mass is 16.5. The molecule has 0 aliphatic heterocycles. The SMILES string of the molecule is CCOC(=O)c1cccc(NCc2cc(-c3cccc(C)c3)co2)c1. The van der Waals surface area contributed by atoms with E-state index in [9.17, 15) is 4.79 Å². The Bertz CT molecular complexity index is 867. The van der Waals surface area contributed by atoms with E-state index in [1.807, 2.05) is 24.3 Å². The van der Waals surface area contributed by atoms with Crippen molar-refractivity contribution in [3.63, 3.8) is 0 Å². The van der Waals surface area contributed by atoms with Crippen LogP contribution in [0.3, 0.4) is 0 Å². The van der Waals surface area contributed by atoms with E-state index >= 15 is 0 Å². The van der Waals surface area contributed by atoms with Gasteiger partial charge in [-0.15, -0.1) is 0 Å². The van der Waals surface area contributed by atoms with Crippen molar-refractivity contribution in [1.82, 2.24) is 0 Å². The van der Waals surface area contributed by atoms with E-state index in [4.69, 9.17) is 9.15 Å². The van der Waals surface area contributed by atoms with Gasteiger partial charge in [0.15, 0.2) is 0 Å². The maximum atomic E-state index is 11.8. The number of rotatable bonds is 6. The summed E-state index contributed by atoms with van der Waals surface area (Å²) in [7, 11) is 0. The fourth-order valence-corrected chi connectivity index (χ4v) is 2.61. The van der Waals surface area contributed by atoms with Crippen LogP contribution in [0.5, 0.6) is 0 Å². The van der Waals surface area contributed by atoms with Gasteiger partial charge in [-0.3, -0.25) is 0 Å². The van der Waals surface area contributed by atoms with Crippen molar-refractivity contribution in [2.75, 3.05) is 11.9 Å². The van der Waals surface area contributed by atoms with Gasteiger partial charge in [-0.1, -0.05) is 35.9 Å². The molecule has 4 heteroatoms. The second-order valence-corrected chi connectivity index (χ2v) is 5.83. The molecule has 1 heterocycles. The third-order valence-corrected chi connectivity index (χ3v) is 3.85. The third-order valence-electron chi connectivity index (χ3n) is 3.85. The molecule has 0 unspecified atom stereocenters. The Morgan fingerprint density at radius 3 is 2.72 bits per heavy atom. The first-order valence-corrected chi connectivity index (χ1v) is 8.31. The van der Waals surface area contributed by atoms with Crippen LogP contribution in [0.15, 0.2) is 65.3 Å². The predicted octanol–water partition coefficient (Wildman–Crippen LogP) is 5.04. The summed E-state index contributed by atoms with van der Waals surface area (Å²) < 4.78 is 10.7. The van der Waals surface area contributed by atoms with Crippen LogP contribution in [0.4, 0.5) is 5.69 Å². The van der Waals surface area contributed by atoms with E-state index in [1.54, 1.807) is 25.3 Å². The van der Waals surface area contributed by atoms with Crippen molar-refractivity contribution >= 4 is 11.7 Å². The van der Waals surface area contributed by atoms with Crippen LogP contribution in [0, 0.1) is 6.92 Å². The highest BCUT2D eigenvalue weighted by Gasteiger charge is 2.08. The lowest BCUT2D eigenvalue weighted by Crippen LogP contribution is -2.05. The van der Waals surface area contributed by atoms with E-state index in [2.05, 4.69) is 30.4 Å². The number of anilines is 1. The van der Waals surface area contributed by atoms with Crippen molar-refractivity contribution in [3.05, 3.63) is 77.7 Å². The van der Waals surface area contributed by atoms with E-state index in [-0.39, 0.29) is 5.97 Å². The topological polar surface area (TPSA) is 51.5 Å². The second kappa shape index (κ2) is 7.71. The minimum absolute atomic E-state index is 0.314. The number of hydrogen-bond acceptors (Lipinski definition) is 4. The van der Waals surface area contributed by atoms with Crippen LogP contribution < -0.4 is 5.32 Å². The summed E-state index contributed by atoms with van der Waals surface area (Å²) >= 11 is 0. The monoisotopic (exact) mass is 335 g/mol. The van der Waals surface area contributed by atoms with Crippen LogP contribution in [0.25, 0.3) is 11.1 Å². The van der Waals surface area contributed by atoms with Gasteiger partial charge in [0.25, 0.3) is 0 Å². The number of furan rings is 1. The quantitative estimate of drug-likeness (QED) is 0.641. The second-order valence-electron chi connectivity index (χ2n) is 5.83. The Balaban J connectivity index is 1.66. The van der Waals surface area contributed by atoms with Gasteiger partial charge in [-0.25, -0.2) is 4.79 Å². The molecule has 3 aromatic rings. The Kier molecular flexibility index (Phi) is 5.19. The minimum atomic E-state index is -0.314. The fraction of sp³-hybridized carbons (Fsp3) is 0.190. The highest BCUT2D eigenvalue weighted by molar-refractivity contribution is 5.90. The van der Waals surface area contributed by atoms with Crippen molar-refractivity contribution in [2.24, 2.45) is 0 Å². The number of carbonyl (C=O) groups is 1. The van der Waals surface area contributed by atoms with Gasteiger partial charge in [0.2, 0.25) is 0 Å². The van der Waals surface area contributed by atoms with Crippen molar-refractivity contribution in [2.45, 2.75) is 20.4 Å². The van der Waals surface area contributed by atoms with Crippen LogP contribution in [0.2, 0.25) is 0 Å². The zero-order chi connectivity index (χ0) is 17.6. The van der Waals surface area contributed by atoms with Crippen molar-refractivity contribution in [1.29, 1.82) is 0 Å². The number of esters is 1. The molecule has 3 rings (SSSR count). The first-order chi connectivity index (χ1) is 12.2. The number of aryl methyl sites for hydroxylation is 1. The summed E-state index contributed by atoms with van der Waals surface area (Å²) in [6.07, 6.45) is 1.76. The minimum Gasteiger partial charge on any atom is -0.467 e. The van der Waals surface area contributed by atoms with Gasteiger partial charge in [-0.05, 0) is 43.7 Å². The molecule has 0 fully saturated rings. The lowest BCUT2D eigenvalue weighted by molar-refractivity contribution is 0.0526. The van der Waals surface area contributed by atoms with Gasteiger partial charge in [-0.2, -0.15) is 0 Å². The summed E-state index contributed by atoms with van der Waals surface area (Å²) in [5.41, 5.74) is 4.79. The number of benzene rings is 2. The molecular weight excluding hydrogens is 314 g/mol. The van der Waals surface area contributed by atoms with Gasteiger partial charge in [0, 0.05) is 11.3 Å². The highest BCUT2D eigenvalue weighted by Crippen LogP contribution is 2.23. The first-order valence-electron chi connectivity index (χ1n) is 8.31. The smallest absolute Gasteiger partial charge is 0.338 e. The molecule has 4 nitrogen and oxygen atoms in total. The maximum absolute atomic E-state index is 11.8. The molecule has 0 spiro atoms. The number of hydrogen-bond donors (Lipinski definition) is 1. The largest absolute Gasteiger partial charge is 0.467 e. The summed E-state index contributed by atoms with van der Waals surface area (Å²) in [6.45, 7) is 4.77. The number of carbonyl (C=O) groups excluding carboxylic acids is 1. The van der Waals surface area contributed by atoms with Gasteiger partial charge in [0.1, 0.15) is 5.76 Å². The normalized spacial score (nSPS) is 10.5. The van der Waals surface area contributed by atoms with E-state index in [1.165, 1.54) is 5.56 Å². The summed E-state index contributed by atoms with van der Waals surface area (Å²) in [6, 6.07) is 17.6. The molecule has 1 aromatic heterocycles. The Labute approximate surface area is 147 Å². The predicted molar refractivity (Wildman–Crippen MR) is 98.6 cm³/mol. The number of nitrogens with one attached hydrogen (secondary N) is 1. The zero-order valence-electron chi connectivity index (χ0n) is 14.4. The maximum Gasteiger partial charge on any atom is 0.338 e. The summed E-state index contributed by atoms with van der Waals surface area (Å²) in [5, 5.41) is 3.27. The van der Waals surface area contributed by atoms with E-state index in [0.717, 1.165) is 22.6 Å². The Hall–Kier alpha value is -3.01. The molecule has 2 aromatic carbocycles. The molecule has 0 bridgehead atoms. The van der Waals surface area contributed by atoms with Crippen LogP contribution >= 0.6 is 0 Å². The lowest BCUT2D eigenvalue weighted by Gasteiger charge is -2.07. The van der Waals surface area contributed by atoms with Crippen LogP contribution in [-0.4, -0.2) is 12.6 Å². The third kappa shape index (κ3) is 4.29. The molecule has 0 amide bonds. The van der Waals surface area contributed by atoms with E-state index in [0.29, 0.717) is 18.7 Å². The van der Waals surface area contributed by atoms with Gasteiger partial charge >= 0.3 is 5.97 Å². The average molecular weight is 335 g/mol. The molecular formula is C21H21NO3. The molecule has 0 saturated carbocycles. The molecule has 0 saturated heterocycles. The zero-order valence-corrected chi connectivity index (χ0v) is 14.4. The molecule has 0 aliphatic rings. The molecule has 0 radical (unpaired) electrons. The van der Waals surface area contributed by atoms with Gasteiger partial charge in [0.05, 0.1) is 25.0 Å². The van der Waals surface area contributed by atoms with Gasteiger partial charge < -0.3 is 14.5 Å². The van der Waals surface area contributed by atoms with E-state index < -0.39 is 0 Å². The summed E-state index contributed by atoms with van der Waals surface area (Å²) in [4.78, 5) is 11.8. The lowest BCUT2D eigenvalue weighted by atomic mass is 10.1. The first kappa shape index (κ1) is 16.8. The average Bonchev–Trinajstić information content (AvgIpc) is 3.09. The van der Waals surface area contributed by atoms with Crippen molar-refractivity contribution < 1.29 is 13.9 Å². The molecule has 1 N–H and O–H groups in total. The van der Waals surface area contributed by atoms with Crippen molar-refractivity contribution in [3.8, 4) is 11.1 Å². The Morgan fingerprint density at radius 1 is 1.08 bits per heavy atom. The van der Waals surface area contributed by atoms with Crippen LogP contribution in [-0.2, 0) is 11.3 Å². The Morgan fingerprint density at radius 2 is 1.92 bits per heavy atom. The van der Waals surface area contributed by atoms with Crippen LogP contribution in [0.1, 0.15) is 28.6 Å². The molecule has 0 aliphatic carbocycles. The molecule has 25 heavy (non-hydrogen) atoms. The number of ether oxygens (including phenoxy) is 1. The standard InChI is InChI=1S/C21H21NO3/c1-3-24-21(23)17-8-5-9-19(11-17)22-13-20-12-18(14-25-20)16-7-4-6-15(2)10-16/h4-12,14,22H,3,13H2,1-2H3. The molecule has 128 valence electrons. The molecule has 0 atom stereocenters. The summed E-state index contributed by atoms with van der Waals surface area (Å²) in [5.74, 6) is 0.518.